The average Bonchev–Trinajstić information content (AvgIpc) is 3.10. The van der Waals surface area contributed by atoms with E-state index < -0.39 is 25.1 Å². The summed E-state index contributed by atoms with van der Waals surface area (Å²) in [5, 5.41) is 8.81. The van der Waals surface area contributed by atoms with Gasteiger partial charge in [0.05, 0.1) is 12.5 Å². The lowest BCUT2D eigenvalue weighted by atomic mass is 9.87. The SMILES string of the molecule is CS(=O)(=O)Cl.CS(=O)(=O)N1CC(Cc2ccc(Cl)cc2)NC(=O)[C@@H]1Cc1ccc(Cl)cc1.O=C1NC(Cc2ccc(Cl)cc2)CC[C@H]1Cc1ccc(Cl)cc1. The van der Waals surface area contributed by atoms with Crippen LogP contribution in [0, 0.1) is 5.92 Å². The molecule has 2 fully saturated rings. The first kappa shape index (κ1) is 44.8. The Morgan fingerprint density at radius 3 is 1.27 bits per heavy atom. The summed E-state index contributed by atoms with van der Waals surface area (Å²) >= 11 is 23.6. The fraction of sp³-hybridized carbons (Fsp3) is 0.333. The molecule has 4 aromatic rings. The minimum atomic E-state index is -3.54. The summed E-state index contributed by atoms with van der Waals surface area (Å²) in [6.07, 6.45) is 6.45. The van der Waals surface area contributed by atoms with Gasteiger partial charge in [-0.15, -0.1) is 0 Å². The lowest BCUT2D eigenvalue weighted by Gasteiger charge is -2.38. The van der Waals surface area contributed by atoms with E-state index in [0.29, 0.717) is 22.9 Å². The van der Waals surface area contributed by atoms with E-state index in [2.05, 4.69) is 21.3 Å². The number of sulfonamides is 1. The molecule has 4 aromatic carbocycles. The van der Waals surface area contributed by atoms with Crippen molar-refractivity contribution in [3.63, 3.8) is 0 Å². The minimum absolute atomic E-state index is 0.0534. The molecule has 2 unspecified atom stereocenters. The maximum Gasteiger partial charge on any atom is 0.239 e. The van der Waals surface area contributed by atoms with Gasteiger partial charge in [0.25, 0.3) is 0 Å². The second kappa shape index (κ2) is 20.5. The number of nitrogens with one attached hydrogen (secondary N) is 2. The summed E-state index contributed by atoms with van der Waals surface area (Å²) in [6, 6.07) is 29.1. The van der Waals surface area contributed by atoms with Gasteiger partial charge in [-0.05, 0) is 109 Å². The predicted octanol–water partition coefficient (Wildman–Crippen LogP) is 7.77. The first-order chi connectivity index (χ1) is 25.8. The van der Waals surface area contributed by atoms with Crippen LogP contribution in [0.3, 0.4) is 0 Å². The van der Waals surface area contributed by atoms with E-state index in [0.717, 1.165) is 64.9 Å². The third kappa shape index (κ3) is 15.9. The molecule has 2 amide bonds. The van der Waals surface area contributed by atoms with Crippen molar-refractivity contribution in [2.75, 3.05) is 19.1 Å². The van der Waals surface area contributed by atoms with Gasteiger partial charge in [0, 0.05) is 55.3 Å². The molecule has 2 aliphatic heterocycles. The van der Waals surface area contributed by atoms with Crippen molar-refractivity contribution in [3.05, 3.63) is 139 Å². The fourth-order valence-corrected chi connectivity index (χ4v) is 7.91. The molecule has 55 heavy (non-hydrogen) atoms. The zero-order chi connectivity index (χ0) is 40.3. The number of hydrogen-bond donors (Lipinski definition) is 2. The maximum absolute atomic E-state index is 12.7. The van der Waals surface area contributed by atoms with E-state index in [1.54, 1.807) is 36.4 Å². The van der Waals surface area contributed by atoms with Gasteiger partial charge in [-0.25, -0.2) is 16.8 Å². The van der Waals surface area contributed by atoms with Crippen molar-refractivity contribution in [1.29, 1.82) is 0 Å². The molecule has 0 aromatic heterocycles. The number of nitrogens with zero attached hydrogens (tertiary/aromatic N) is 1. The Hall–Kier alpha value is -2.87. The summed E-state index contributed by atoms with van der Waals surface area (Å²) in [6.45, 7) is 0.228. The van der Waals surface area contributed by atoms with Crippen LogP contribution in [-0.2, 0) is 54.3 Å². The van der Waals surface area contributed by atoms with E-state index >= 15 is 0 Å². The highest BCUT2D eigenvalue weighted by Crippen LogP contribution is 2.24. The number of rotatable bonds is 9. The lowest BCUT2D eigenvalue weighted by molar-refractivity contribution is -0.128. The molecule has 0 radical (unpaired) electrons. The van der Waals surface area contributed by atoms with Crippen molar-refractivity contribution in [2.45, 2.75) is 56.7 Å². The third-order valence-electron chi connectivity index (χ3n) is 8.93. The highest BCUT2D eigenvalue weighted by Gasteiger charge is 2.39. The minimum Gasteiger partial charge on any atom is -0.353 e. The Kier molecular flexibility index (Phi) is 16.7. The summed E-state index contributed by atoms with van der Waals surface area (Å²) in [4.78, 5) is 25.1. The van der Waals surface area contributed by atoms with Crippen molar-refractivity contribution in [3.8, 4) is 0 Å². The van der Waals surface area contributed by atoms with E-state index in [1.807, 2.05) is 60.7 Å². The first-order valence-electron chi connectivity index (χ1n) is 17.3. The zero-order valence-electron chi connectivity index (χ0n) is 30.1. The van der Waals surface area contributed by atoms with E-state index in [1.165, 1.54) is 9.87 Å². The van der Waals surface area contributed by atoms with Crippen LogP contribution in [0.5, 0.6) is 0 Å². The molecule has 296 valence electrons. The van der Waals surface area contributed by atoms with Crippen molar-refractivity contribution in [1.82, 2.24) is 14.9 Å². The summed E-state index contributed by atoms with van der Waals surface area (Å²) in [7, 11) is -2.23. The normalized spacial score (nSPS) is 20.2. The van der Waals surface area contributed by atoms with Crippen LogP contribution in [0.1, 0.15) is 35.1 Å². The quantitative estimate of drug-likeness (QED) is 0.165. The van der Waals surface area contributed by atoms with Crippen LogP contribution >= 0.6 is 57.1 Å². The molecule has 0 saturated carbocycles. The average molecular weight is 890 g/mol. The number of carbonyl (C=O) groups is 2. The summed E-state index contributed by atoms with van der Waals surface area (Å²) in [5.41, 5.74) is 4.19. The molecule has 2 aliphatic rings. The van der Waals surface area contributed by atoms with Crippen molar-refractivity contribution < 1.29 is 26.4 Å². The van der Waals surface area contributed by atoms with Gasteiger partial charge in [0.2, 0.25) is 30.9 Å². The van der Waals surface area contributed by atoms with Gasteiger partial charge in [-0.3, -0.25) is 9.59 Å². The lowest BCUT2D eigenvalue weighted by Crippen LogP contribution is -2.62. The van der Waals surface area contributed by atoms with E-state index in [-0.39, 0.29) is 36.4 Å². The number of amides is 2. The van der Waals surface area contributed by atoms with Gasteiger partial charge < -0.3 is 10.6 Å². The van der Waals surface area contributed by atoms with Gasteiger partial charge in [0.1, 0.15) is 6.04 Å². The Balaban J connectivity index is 0.000000220. The largest absolute Gasteiger partial charge is 0.353 e. The summed E-state index contributed by atoms with van der Waals surface area (Å²) < 4.78 is 44.8. The fourth-order valence-electron chi connectivity index (χ4n) is 6.33. The van der Waals surface area contributed by atoms with Crippen LogP contribution in [0.4, 0.5) is 0 Å². The smallest absolute Gasteiger partial charge is 0.239 e. The van der Waals surface area contributed by atoms with Crippen LogP contribution < -0.4 is 10.6 Å². The molecule has 2 heterocycles. The zero-order valence-corrected chi connectivity index (χ0v) is 35.5. The number of piperazine rings is 1. The summed E-state index contributed by atoms with van der Waals surface area (Å²) in [5.74, 6) is -0.0802. The molecule has 2 N–H and O–H groups in total. The van der Waals surface area contributed by atoms with Crippen LogP contribution in [0.25, 0.3) is 0 Å². The van der Waals surface area contributed by atoms with Crippen LogP contribution in [0.2, 0.25) is 20.1 Å². The van der Waals surface area contributed by atoms with Gasteiger partial charge in [0.15, 0.2) is 0 Å². The van der Waals surface area contributed by atoms with Crippen molar-refractivity contribution in [2.24, 2.45) is 5.92 Å². The Morgan fingerprint density at radius 2 is 0.891 bits per heavy atom. The Labute approximate surface area is 348 Å². The van der Waals surface area contributed by atoms with E-state index in [9.17, 15) is 26.4 Å². The molecule has 0 aliphatic carbocycles. The molecular weight excluding hydrogens is 848 g/mol. The second-order valence-corrected chi connectivity index (χ2v) is 20.3. The van der Waals surface area contributed by atoms with E-state index in [4.69, 9.17) is 46.4 Å². The molecule has 6 rings (SSSR count). The first-order valence-corrected chi connectivity index (χ1v) is 23.3. The number of piperidine rings is 1. The Bertz CT molecular complexity index is 2100. The van der Waals surface area contributed by atoms with Crippen molar-refractivity contribution >= 4 is 88.0 Å². The standard InChI is InChI=1S/C19H20Cl2N2O3S.C19H19Cl2NO.CH3ClO2S/c1-27(25,26)23-12-17(10-13-2-6-15(20)7-3-13)22-19(24)18(23)11-14-4-8-16(21)9-5-14;20-16-6-1-13(2-7-16)11-15-5-10-18(22-19(15)23)12-14-3-8-17(21)9-4-14;1-5(2,3)4/h2-9,17-18H,10-12H2,1H3,(H,22,24);1-4,6-9,15,18H,5,10-12H2,(H,22,23);1H3/t17?,18-;15-,18?;/m00./s1. The molecule has 2 saturated heterocycles. The van der Waals surface area contributed by atoms with Crippen LogP contribution in [-0.4, -0.2) is 70.1 Å². The Morgan fingerprint density at radius 1 is 0.545 bits per heavy atom. The van der Waals surface area contributed by atoms with Gasteiger partial charge in [-0.1, -0.05) is 94.9 Å². The maximum atomic E-state index is 12.7. The molecule has 0 spiro atoms. The number of benzene rings is 4. The highest BCUT2D eigenvalue weighted by molar-refractivity contribution is 8.13. The van der Waals surface area contributed by atoms with Gasteiger partial charge >= 0.3 is 0 Å². The molecule has 4 atom stereocenters. The third-order valence-corrected chi connectivity index (χ3v) is 11.2. The number of carbonyl (C=O) groups excluding carboxylic acids is 2. The second-order valence-electron chi connectivity index (χ2n) is 13.5. The molecule has 0 bridgehead atoms. The molecule has 16 heteroatoms. The highest BCUT2D eigenvalue weighted by atomic mass is 35.7. The molecule has 9 nitrogen and oxygen atoms in total. The van der Waals surface area contributed by atoms with Gasteiger partial charge in [-0.2, -0.15) is 4.31 Å². The predicted molar refractivity (Wildman–Crippen MR) is 223 cm³/mol. The number of halogens is 5. The van der Waals surface area contributed by atoms with Crippen LogP contribution in [0.15, 0.2) is 97.1 Å². The monoisotopic (exact) mass is 887 g/mol. The molecular formula is C39H42Cl5N3O6S2. The number of hydrogen-bond acceptors (Lipinski definition) is 6. The topological polar surface area (TPSA) is 130 Å².